The zero-order valence-corrected chi connectivity index (χ0v) is 11.4. The first-order chi connectivity index (χ1) is 7.37. The summed E-state index contributed by atoms with van der Waals surface area (Å²) in [4.78, 5) is 0. The van der Waals surface area contributed by atoms with Gasteiger partial charge in [-0.25, -0.2) is 0 Å². The highest BCUT2D eigenvalue weighted by molar-refractivity contribution is 5.21. The van der Waals surface area contributed by atoms with Gasteiger partial charge >= 0.3 is 0 Å². The Hall–Kier alpha value is -0.520. The van der Waals surface area contributed by atoms with Crippen molar-refractivity contribution in [2.45, 2.75) is 59.8 Å². The van der Waals surface area contributed by atoms with Gasteiger partial charge in [0.1, 0.15) is 0 Å². The van der Waals surface area contributed by atoms with Crippen LogP contribution in [0.1, 0.15) is 59.8 Å². The number of allylic oxidation sites excluding steroid dienone is 3. The lowest BCUT2D eigenvalue weighted by Gasteiger charge is -2.62. The fourth-order valence-corrected chi connectivity index (χ4v) is 3.65. The lowest BCUT2D eigenvalue weighted by molar-refractivity contribution is -0.0962. The van der Waals surface area contributed by atoms with E-state index < -0.39 is 0 Å². The summed E-state index contributed by atoms with van der Waals surface area (Å²) in [6.07, 6.45) is 8.80. The normalized spacial score (nSPS) is 41.9. The minimum Gasteiger partial charge on any atom is -0.0995 e. The summed E-state index contributed by atoms with van der Waals surface area (Å²) in [5, 5.41) is 0. The summed E-state index contributed by atoms with van der Waals surface area (Å²) in [6.45, 7) is 14.0. The molecule has 0 unspecified atom stereocenters. The van der Waals surface area contributed by atoms with Gasteiger partial charge in [-0.2, -0.15) is 0 Å². The second-order valence-electron chi connectivity index (χ2n) is 6.81. The second kappa shape index (κ2) is 3.75. The summed E-state index contributed by atoms with van der Waals surface area (Å²) >= 11 is 0. The van der Waals surface area contributed by atoms with Crippen molar-refractivity contribution in [3.05, 3.63) is 23.8 Å². The maximum atomic E-state index is 4.35. The number of hydrogen-bond acceptors (Lipinski definition) is 0. The van der Waals surface area contributed by atoms with Crippen LogP contribution < -0.4 is 0 Å². The summed E-state index contributed by atoms with van der Waals surface area (Å²) < 4.78 is 0. The van der Waals surface area contributed by atoms with Gasteiger partial charge in [0.05, 0.1) is 0 Å². The molecule has 1 fully saturated rings. The van der Waals surface area contributed by atoms with Crippen LogP contribution in [-0.2, 0) is 0 Å². The quantitative estimate of drug-likeness (QED) is 0.495. The Bertz CT molecular complexity index is 332. The number of hydrogen-bond donors (Lipinski definition) is 0. The third-order valence-corrected chi connectivity index (χ3v) is 5.52. The molecule has 0 spiro atoms. The highest BCUT2D eigenvalue weighted by Gasteiger charge is 2.56. The average Bonchev–Trinajstić information content (AvgIpc) is 2.25. The van der Waals surface area contributed by atoms with E-state index >= 15 is 0 Å². The summed E-state index contributed by atoms with van der Waals surface area (Å²) in [6, 6.07) is 0. The molecule has 0 amide bonds. The third-order valence-electron chi connectivity index (χ3n) is 5.52. The van der Waals surface area contributed by atoms with Crippen LogP contribution in [0.2, 0.25) is 0 Å². The molecule has 0 heteroatoms. The van der Waals surface area contributed by atoms with Gasteiger partial charge in [0, 0.05) is 0 Å². The standard InChI is InChI=1S/C16H26/c1-12-7-6-8-13(2)14-11-15(3,4)16(14,5)10-9-12/h7,14H,2,6,8-11H2,1,3-5H3/b12-7-/t14-,16-/m1/s1. The Morgan fingerprint density at radius 3 is 2.56 bits per heavy atom. The van der Waals surface area contributed by atoms with E-state index in [1.165, 1.54) is 37.7 Å². The van der Waals surface area contributed by atoms with E-state index in [9.17, 15) is 0 Å². The molecule has 0 nitrogen and oxygen atoms in total. The second-order valence-corrected chi connectivity index (χ2v) is 6.81. The highest BCUT2D eigenvalue weighted by atomic mass is 14.6. The molecule has 0 aromatic heterocycles. The topological polar surface area (TPSA) is 0 Å². The van der Waals surface area contributed by atoms with E-state index in [2.05, 4.69) is 40.3 Å². The van der Waals surface area contributed by atoms with E-state index in [-0.39, 0.29) is 0 Å². The van der Waals surface area contributed by atoms with Gasteiger partial charge in [0.25, 0.3) is 0 Å². The van der Waals surface area contributed by atoms with Gasteiger partial charge in [-0.15, -0.1) is 0 Å². The van der Waals surface area contributed by atoms with E-state index in [1.807, 2.05) is 0 Å². The van der Waals surface area contributed by atoms with Crippen molar-refractivity contribution in [3.8, 4) is 0 Å². The Labute approximate surface area is 101 Å². The van der Waals surface area contributed by atoms with Crippen molar-refractivity contribution in [1.82, 2.24) is 0 Å². The first-order valence-electron chi connectivity index (χ1n) is 6.70. The molecule has 90 valence electrons. The smallest absolute Gasteiger partial charge is 0.0141 e. The molecule has 0 N–H and O–H groups in total. The maximum absolute atomic E-state index is 4.35. The molecule has 0 saturated heterocycles. The Kier molecular flexibility index (Phi) is 2.80. The molecular formula is C16H26. The van der Waals surface area contributed by atoms with Gasteiger partial charge in [-0.3, -0.25) is 0 Å². The number of rotatable bonds is 0. The fourth-order valence-electron chi connectivity index (χ4n) is 3.65. The van der Waals surface area contributed by atoms with Gasteiger partial charge in [-0.05, 0) is 55.8 Å². The van der Waals surface area contributed by atoms with Crippen molar-refractivity contribution in [2.75, 3.05) is 0 Å². The predicted molar refractivity (Wildman–Crippen MR) is 71.4 cm³/mol. The third kappa shape index (κ3) is 1.67. The molecule has 1 saturated carbocycles. The first-order valence-corrected chi connectivity index (χ1v) is 6.70. The molecular weight excluding hydrogens is 192 g/mol. The molecule has 0 heterocycles. The molecule has 0 bridgehead atoms. The van der Waals surface area contributed by atoms with E-state index in [0.717, 1.165) is 5.92 Å². The lowest BCUT2D eigenvalue weighted by Crippen LogP contribution is -2.53. The largest absolute Gasteiger partial charge is 0.0995 e. The van der Waals surface area contributed by atoms with E-state index in [4.69, 9.17) is 0 Å². The van der Waals surface area contributed by atoms with Crippen LogP contribution in [0.15, 0.2) is 23.8 Å². The molecule has 2 rings (SSSR count). The van der Waals surface area contributed by atoms with Crippen LogP contribution in [0.3, 0.4) is 0 Å². The van der Waals surface area contributed by atoms with Crippen molar-refractivity contribution < 1.29 is 0 Å². The van der Waals surface area contributed by atoms with Crippen LogP contribution in [0.4, 0.5) is 0 Å². The van der Waals surface area contributed by atoms with Crippen molar-refractivity contribution in [2.24, 2.45) is 16.7 Å². The summed E-state index contributed by atoms with van der Waals surface area (Å²) in [5.74, 6) is 0.779. The molecule has 0 aromatic carbocycles. The predicted octanol–water partition coefficient (Wildman–Crippen LogP) is 5.12. The van der Waals surface area contributed by atoms with Crippen LogP contribution >= 0.6 is 0 Å². The zero-order chi connectivity index (χ0) is 12.0. The van der Waals surface area contributed by atoms with Crippen LogP contribution in [-0.4, -0.2) is 0 Å². The average molecular weight is 218 g/mol. The van der Waals surface area contributed by atoms with E-state index in [1.54, 1.807) is 5.57 Å². The fraction of sp³-hybridized carbons (Fsp3) is 0.750. The van der Waals surface area contributed by atoms with Gasteiger partial charge in [-0.1, -0.05) is 44.6 Å². The minimum atomic E-state index is 0.490. The zero-order valence-electron chi connectivity index (χ0n) is 11.4. The van der Waals surface area contributed by atoms with Crippen LogP contribution in [0.5, 0.6) is 0 Å². The molecule has 0 radical (unpaired) electrons. The molecule has 2 aliphatic carbocycles. The van der Waals surface area contributed by atoms with Crippen molar-refractivity contribution >= 4 is 0 Å². The Balaban J connectivity index is 2.24. The number of fused-ring (bicyclic) bond motifs is 1. The Morgan fingerprint density at radius 2 is 1.94 bits per heavy atom. The van der Waals surface area contributed by atoms with Gasteiger partial charge < -0.3 is 0 Å². The van der Waals surface area contributed by atoms with Crippen molar-refractivity contribution in [1.29, 1.82) is 0 Å². The van der Waals surface area contributed by atoms with Crippen molar-refractivity contribution in [3.63, 3.8) is 0 Å². The molecule has 0 aromatic rings. The summed E-state index contributed by atoms with van der Waals surface area (Å²) in [7, 11) is 0. The SMILES string of the molecule is C=C1CC/C=C(/C)CC[C@]2(C)[C@@H]1CC2(C)C. The molecule has 2 atom stereocenters. The van der Waals surface area contributed by atoms with Crippen LogP contribution in [0.25, 0.3) is 0 Å². The monoisotopic (exact) mass is 218 g/mol. The molecule has 16 heavy (non-hydrogen) atoms. The minimum absolute atomic E-state index is 0.490. The maximum Gasteiger partial charge on any atom is -0.0141 e. The summed E-state index contributed by atoms with van der Waals surface area (Å²) in [5.41, 5.74) is 4.08. The van der Waals surface area contributed by atoms with Crippen LogP contribution in [0, 0.1) is 16.7 Å². The molecule has 2 aliphatic rings. The lowest BCUT2D eigenvalue weighted by atomic mass is 9.43. The molecule has 0 aliphatic heterocycles. The van der Waals surface area contributed by atoms with E-state index in [0.29, 0.717) is 10.8 Å². The first kappa shape index (κ1) is 12.0. The Morgan fingerprint density at radius 1 is 1.25 bits per heavy atom. The highest BCUT2D eigenvalue weighted by Crippen LogP contribution is 2.65. The van der Waals surface area contributed by atoms with Gasteiger partial charge in [0.15, 0.2) is 0 Å². The van der Waals surface area contributed by atoms with Gasteiger partial charge in [0.2, 0.25) is 0 Å².